The molecule has 2 aromatic rings. The van der Waals surface area contributed by atoms with Crippen molar-refractivity contribution in [3.05, 3.63) is 65.5 Å². The summed E-state index contributed by atoms with van der Waals surface area (Å²) in [5, 5.41) is 0. The van der Waals surface area contributed by atoms with Crippen molar-refractivity contribution in [3.63, 3.8) is 0 Å². The van der Waals surface area contributed by atoms with Gasteiger partial charge in [-0.05, 0) is 47.8 Å². The molecule has 0 bridgehead atoms. The maximum absolute atomic E-state index is 14.0. The van der Waals surface area contributed by atoms with Crippen LogP contribution in [0, 0.1) is 5.82 Å². The van der Waals surface area contributed by atoms with Crippen molar-refractivity contribution < 1.29 is 18.7 Å². The summed E-state index contributed by atoms with van der Waals surface area (Å²) >= 11 is 0. The van der Waals surface area contributed by atoms with Crippen LogP contribution >= 0.6 is 0 Å². The van der Waals surface area contributed by atoms with Crippen molar-refractivity contribution >= 4 is 11.4 Å². The number of hydrogen-bond donors (Lipinski definition) is 0. The van der Waals surface area contributed by atoms with Crippen LogP contribution in [0.5, 0.6) is 11.5 Å². The van der Waals surface area contributed by atoms with Gasteiger partial charge in [0, 0.05) is 12.0 Å². The molecule has 0 saturated heterocycles. The fraction of sp³-hybridized carbons (Fsp3) is 0.250. The van der Waals surface area contributed by atoms with Crippen LogP contribution in [-0.2, 0) is 4.79 Å². The standard InChI is InChI=1S/C20H19FO3/c1-23-17-8-6-13(7-9-17)14-10-15(12-16(22)11-14)18-4-3-5-19(21)20(18)24-2/h3-9,12,14H,10-11H2,1-2H3/t14-/m1/s1. The van der Waals surface area contributed by atoms with Gasteiger partial charge in [0.05, 0.1) is 14.2 Å². The van der Waals surface area contributed by atoms with Crippen LogP contribution in [0.15, 0.2) is 48.5 Å². The summed E-state index contributed by atoms with van der Waals surface area (Å²) in [6, 6.07) is 12.5. The zero-order valence-corrected chi connectivity index (χ0v) is 13.7. The number of carbonyl (C=O) groups is 1. The number of ether oxygens (including phenoxy) is 2. The predicted octanol–water partition coefficient (Wildman–Crippen LogP) is 4.37. The highest BCUT2D eigenvalue weighted by Gasteiger charge is 2.25. The molecular formula is C20H19FO3. The van der Waals surface area contributed by atoms with Gasteiger partial charge in [-0.2, -0.15) is 0 Å². The molecule has 0 spiro atoms. The summed E-state index contributed by atoms with van der Waals surface area (Å²) in [7, 11) is 3.06. The molecule has 1 atom stereocenters. The van der Waals surface area contributed by atoms with Crippen LogP contribution in [0.4, 0.5) is 4.39 Å². The van der Waals surface area contributed by atoms with E-state index in [1.54, 1.807) is 25.3 Å². The van der Waals surface area contributed by atoms with Crippen LogP contribution in [0.25, 0.3) is 5.57 Å². The number of methoxy groups -OCH3 is 2. The van der Waals surface area contributed by atoms with Gasteiger partial charge in [0.1, 0.15) is 5.75 Å². The number of benzene rings is 2. The second kappa shape index (κ2) is 6.87. The average Bonchev–Trinajstić information content (AvgIpc) is 2.61. The first kappa shape index (κ1) is 16.2. The molecule has 0 heterocycles. The minimum Gasteiger partial charge on any atom is -0.497 e. The molecule has 0 saturated carbocycles. The molecule has 3 rings (SSSR count). The fourth-order valence-corrected chi connectivity index (χ4v) is 3.16. The average molecular weight is 326 g/mol. The topological polar surface area (TPSA) is 35.5 Å². The minimum absolute atomic E-state index is 0.0448. The van der Waals surface area contributed by atoms with Crippen LogP contribution in [0.2, 0.25) is 0 Å². The highest BCUT2D eigenvalue weighted by molar-refractivity contribution is 5.99. The molecule has 0 unspecified atom stereocenters. The Kier molecular flexibility index (Phi) is 4.65. The molecular weight excluding hydrogens is 307 g/mol. The van der Waals surface area contributed by atoms with E-state index in [2.05, 4.69) is 0 Å². The van der Waals surface area contributed by atoms with Crippen LogP contribution in [0.1, 0.15) is 29.9 Å². The normalized spacial score (nSPS) is 17.4. The van der Waals surface area contributed by atoms with E-state index in [1.165, 1.54) is 13.2 Å². The van der Waals surface area contributed by atoms with Gasteiger partial charge in [0.2, 0.25) is 0 Å². The van der Waals surface area contributed by atoms with Gasteiger partial charge >= 0.3 is 0 Å². The van der Waals surface area contributed by atoms with Gasteiger partial charge < -0.3 is 9.47 Å². The van der Waals surface area contributed by atoms with Crippen LogP contribution < -0.4 is 9.47 Å². The van der Waals surface area contributed by atoms with Crippen LogP contribution in [-0.4, -0.2) is 20.0 Å². The number of rotatable bonds is 4. The Hall–Kier alpha value is -2.62. The minimum atomic E-state index is -0.421. The lowest BCUT2D eigenvalue weighted by atomic mass is 9.81. The molecule has 124 valence electrons. The van der Waals surface area contributed by atoms with E-state index in [-0.39, 0.29) is 17.5 Å². The van der Waals surface area contributed by atoms with E-state index >= 15 is 0 Å². The third-order valence-electron chi connectivity index (χ3n) is 4.35. The molecule has 0 radical (unpaired) electrons. The van der Waals surface area contributed by atoms with Crippen molar-refractivity contribution in [2.45, 2.75) is 18.8 Å². The number of carbonyl (C=O) groups excluding carboxylic acids is 1. The lowest BCUT2D eigenvalue weighted by molar-refractivity contribution is -0.115. The monoisotopic (exact) mass is 326 g/mol. The molecule has 0 amide bonds. The summed E-state index contributed by atoms with van der Waals surface area (Å²) < 4.78 is 24.3. The summed E-state index contributed by atoms with van der Waals surface area (Å²) in [6.45, 7) is 0. The molecule has 4 heteroatoms. The van der Waals surface area contributed by atoms with Gasteiger partial charge in [-0.1, -0.05) is 24.3 Å². The zero-order valence-electron chi connectivity index (χ0n) is 13.7. The molecule has 1 aliphatic rings. The second-order valence-corrected chi connectivity index (χ2v) is 5.83. The highest BCUT2D eigenvalue weighted by atomic mass is 19.1. The maximum atomic E-state index is 14.0. The lowest BCUT2D eigenvalue weighted by Gasteiger charge is -2.24. The lowest BCUT2D eigenvalue weighted by Crippen LogP contribution is -2.13. The number of ketones is 1. The predicted molar refractivity (Wildman–Crippen MR) is 90.9 cm³/mol. The molecule has 3 nitrogen and oxygen atoms in total. The van der Waals surface area contributed by atoms with Crippen LogP contribution in [0.3, 0.4) is 0 Å². The van der Waals surface area contributed by atoms with E-state index in [9.17, 15) is 9.18 Å². The van der Waals surface area contributed by atoms with Crippen molar-refractivity contribution in [3.8, 4) is 11.5 Å². The smallest absolute Gasteiger partial charge is 0.165 e. The largest absolute Gasteiger partial charge is 0.497 e. The van der Waals surface area contributed by atoms with Gasteiger partial charge in [-0.25, -0.2) is 4.39 Å². The SMILES string of the molecule is COc1ccc([C@H]2CC(=O)C=C(c3cccc(F)c3OC)C2)cc1. The molecule has 0 N–H and O–H groups in total. The Morgan fingerprint density at radius 3 is 2.42 bits per heavy atom. The first-order chi connectivity index (χ1) is 11.6. The first-order valence-electron chi connectivity index (χ1n) is 7.82. The summed E-state index contributed by atoms with van der Waals surface area (Å²) in [6.07, 6.45) is 2.72. The second-order valence-electron chi connectivity index (χ2n) is 5.83. The van der Waals surface area contributed by atoms with Gasteiger partial charge in [-0.3, -0.25) is 4.79 Å². The zero-order chi connectivity index (χ0) is 17.1. The van der Waals surface area contributed by atoms with Crippen molar-refractivity contribution in [2.24, 2.45) is 0 Å². The van der Waals surface area contributed by atoms with E-state index in [0.717, 1.165) is 16.9 Å². The summed E-state index contributed by atoms with van der Waals surface area (Å²) in [5.41, 5.74) is 2.53. The molecule has 0 aromatic heterocycles. The first-order valence-corrected chi connectivity index (χ1v) is 7.82. The Labute approximate surface area is 140 Å². The molecule has 0 aliphatic heterocycles. The van der Waals surface area contributed by atoms with Gasteiger partial charge in [0.25, 0.3) is 0 Å². The third kappa shape index (κ3) is 3.18. The molecule has 0 fully saturated rings. The number of hydrogen-bond acceptors (Lipinski definition) is 3. The Morgan fingerprint density at radius 2 is 1.75 bits per heavy atom. The maximum Gasteiger partial charge on any atom is 0.165 e. The number of allylic oxidation sites excluding steroid dienone is 2. The quantitative estimate of drug-likeness (QED) is 0.837. The Morgan fingerprint density at radius 1 is 1.00 bits per heavy atom. The van der Waals surface area contributed by atoms with Crippen molar-refractivity contribution in [2.75, 3.05) is 14.2 Å². The van der Waals surface area contributed by atoms with E-state index in [0.29, 0.717) is 18.4 Å². The van der Waals surface area contributed by atoms with E-state index in [4.69, 9.17) is 9.47 Å². The number of para-hydroxylation sites is 1. The van der Waals surface area contributed by atoms with Gasteiger partial charge in [0.15, 0.2) is 17.3 Å². The summed E-state index contributed by atoms with van der Waals surface area (Å²) in [4.78, 5) is 12.2. The third-order valence-corrected chi connectivity index (χ3v) is 4.35. The van der Waals surface area contributed by atoms with Gasteiger partial charge in [-0.15, -0.1) is 0 Å². The summed E-state index contributed by atoms with van der Waals surface area (Å²) in [5.74, 6) is 0.657. The Bertz CT molecular complexity index is 778. The fourth-order valence-electron chi connectivity index (χ4n) is 3.16. The van der Waals surface area contributed by atoms with Crippen molar-refractivity contribution in [1.82, 2.24) is 0 Å². The molecule has 2 aromatic carbocycles. The Balaban J connectivity index is 1.93. The number of halogens is 1. The molecule has 24 heavy (non-hydrogen) atoms. The van der Waals surface area contributed by atoms with Crippen molar-refractivity contribution in [1.29, 1.82) is 0 Å². The van der Waals surface area contributed by atoms with E-state index in [1.807, 2.05) is 24.3 Å². The highest BCUT2D eigenvalue weighted by Crippen LogP contribution is 2.39. The molecule has 1 aliphatic carbocycles. The van der Waals surface area contributed by atoms with E-state index < -0.39 is 5.82 Å².